The average molecular weight is 314 g/mol. The molecule has 0 bridgehead atoms. The number of hydrogen-bond donors (Lipinski definition) is 1. The molecule has 1 aliphatic heterocycles. The summed E-state index contributed by atoms with van der Waals surface area (Å²) in [6.07, 6.45) is -0.377. The van der Waals surface area contributed by atoms with Gasteiger partial charge in [0, 0.05) is 32.2 Å². The first-order valence-corrected chi connectivity index (χ1v) is 8.15. The molecule has 1 saturated heterocycles. The van der Waals surface area contributed by atoms with Gasteiger partial charge in [0.25, 0.3) is 0 Å². The van der Waals surface area contributed by atoms with Crippen molar-refractivity contribution in [1.29, 1.82) is 0 Å². The molecule has 0 saturated carbocycles. The summed E-state index contributed by atoms with van der Waals surface area (Å²) in [5, 5.41) is 3.27. The molecule has 0 spiro atoms. The molecule has 1 aromatic rings. The number of piperazine rings is 1. The molecular formula is C17H25F3N2. The Bertz CT molecular complexity index is 453. The summed E-state index contributed by atoms with van der Waals surface area (Å²) in [4.78, 5) is 2.21. The summed E-state index contributed by atoms with van der Waals surface area (Å²) in [5.41, 5.74) is -0.0389. The first-order chi connectivity index (χ1) is 10.5. The normalized spacial score (nSPS) is 18.4. The predicted molar refractivity (Wildman–Crippen MR) is 82.8 cm³/mol. The standard InChI is InChI=1S/C17H25F3N2/c1-2-3-4-9-16(22-12-10-21-11-13-22)14-7-5-6-8-15(14)17(18,19)20/h5-8,16,21H,2-4,9-13H2,1H3/t16-/m1/s1. The second-order valence-electron chi connectivity index (χ2n) is 5.88. The van der Waals surface area contributed by atoms with E-state index in [2.05, 4.69) is 17.1 Å². The zero-order chi connectivity index (χ0) is 16.0. The fourth-order valence-electron chi connectivity index (χ4n) is 3.16. The van der Waals surface area contributed by atoms with E-state index < -0.39 is 11.7 Å². The SMILES string of the molecule is CCCCC[C@H](c1ccccc1C(F)(F)F)N1CCNCC1. The Morgan fingerprint density at radius 3 is 2.45 bits per heavy atom. The van der Waals surface area contributed by atoms with Crippen molar-refractivity contribution in [2.75, 3.05) is 26.2 Å². The molecule has 0 aliphatic carbocycles. The molecule has 1 aromatic carbocycles. The zero-order valence-corrected chi connectivity index (χ0v) is 13.1. The van der Waals surface area contributed by atoms with Crippen molar-refractivity contribution in [1.82, 2.24) is 10.2 Å². The lowest BCUT2D eigenvalue weighted by Crippen LogP contribution is -2.45. The van der Waals surface area contributed by atoms with E-state index in [-0.39, 0.29) is 6.04 Å². The Morgan fingerprint density at radius 2 is 1.82 bits per heavy atom. The van der Waals surface area contributed by atoms with Crippen LogP contribution in [0.5, 0.6) is 0 Å². The first kappa shape index (κ1) is 17.3. The van der Waals surface area contributed by atoms with E-state index in [1.165, 1.54) is 12.1 Å². The van der Waals surface area contributed by atoms with Gasteiger partial charge in [-0.15, -0.1) is 0 Å². The third kappa shape index (κ3) is 4.46. The van der Waals surface area contributed by atoms with Gasteiger partial charge in [-0.05, 0) is 18.1 Å². The number of nitrogens with one attached hydrogen (secondary N) is 1. The smallest absolute Gasteiger partial charge is 0.314 e. The quantitative estimate of drug-likeness (QED) is 0.790. The minimum absolute atomic E-state index is 0.133. The summed E-state index contributed by atoms with van der Waals surface area (Å²) >= 11 is 0. The largest absolute Gasteiger partial charge is 0.416 e. The van der Waals surface area contributed by atoms with Crippen LogP contribution in [0.25, 0.3) is 0 Å². The van der Waals surface area contributed by atoms with Crippen molar-refractivity contribution in [2.45, 2.75) is 44.8 Å². The molecular weight excluding hydrogens is 289 g/mol. The highest BCUT2D eigenvalue weighted by Crippen LogP contribution is 2.38. The number of alkyl halides is 3. The van der Waals surface area contributed by atoms with Crippen molar-refractivity contribution >= 4 is 0 Å². The Kier molecular flexibility index (Phi) is 6.26. The van der Waals surface area contributed by atoms with Crippen LogP contribution in [-0.2, 0) is 6.18 Å². The summed E-state index contributed by atoms with van der Waals surface area (Å²) in [7, 11) is 0. The fourth-order valence-corrected chi connectivity index (χ4v) is 3.16. The van der Waals surface area contributed by atoms with Crippen LogP contribution in [-0.4, -0.2) is 31.1 Å². The number of unbranched alkanes of at least 4 members (excludes halogenated alkanes) is 2. The maximum Gasteiger partial charge on any atom is 0.416 e. The van der Waals surface area contributed by atoms with Crippen LogP contribution in [0, 0.1) is 0 Å². The van der Waals surface area contributed by atoms with E-state index in [1.807, 2.05) is 0 Å². The molecule has 1 fully saturated rings. The highest BCUT2D eigenvalue weighted by atomic mass is 19.4. The molecule has 1 heterocycles. The summed E-state index contributed by atoms with van der Waals surface area (Å²) in [6, 6.07) is 5.94. The topological polar surface area (TPSA) is 15.3 Å². The molecule has 2 rings (SSSR count). The van der Waals surface area contributed by atoms with E-state index in [1.54, 1.807) is 12.1 Å². The number of rotatable bonds is 6. The predicted octanol–water partition coefficient (Wildman–Crippen LogP) is 4.23. The van der Waals surface area contributed by atoms with Gasteiger partial charge >= 0.3 is 6.18 Å². The number of halogens is 3. The molecule has 5 heteroatoms. The van der Waals surface area contributed by atoms with Gasteiger partial charge in [0.15, 0.2) is 0 Å². The van der Waals surface area contributed by atoms with Crippen LogP contribution in [0.1, 0.15) is 49.8 Å². The van der Waals surface area contributed by atoms with Gasteiger partial charge in [0.1, 0.15) is 0 Å². The van der Waals surface area contributed by atoms with Gasteiger partial charge in [0.2, 0.25) is 0 Å². The van der Waals surface area contributed by atoms with Crippen molar-refractivity contribution in [2.24, 2.45) is 0 Å². The third-order valence-electron chi connectivity index (χ3n) is 4.30. The first-order valence-electron chi connectivity index (χ1n) is 8.15. The van der Waals surface area contributed by atoms with Gasteiger partial charge in [-0.2, -0.15) is 13.2 Å². The number of benzene rings is 1. The van der Waals surface area contributed by atoms with Crippen LogP contribution in [0.4, 0.5) is 13.2 Å². The molecule has 0 aromatic heterocycles. The van der Waals surface area contributed by atoms with Crippen molar-refractivity contribution < 1.29 is 13.2 Å². The molecule has 0 unspecified atom stereocenters. The molecule has 124 valence electrons. The Morgan fingerprint density at radius 1 is 1.14 bits per heavy atom. The second kappa shape index (κ2) is 7.97. The number of nitrogens with zero attached hydrogens (tertiary/aromatic N) is 1. The van der Waals surface area contributed by atoms with Crippen LogP contribution in [0.3, 0.4) is 0 Å². The average Bonchev–Trinajstić information content (AvgIpc) is 2.52. The maximum absolute atomic E-state index is 13.3. The highest BCUT2D eigenvalue weighted by molar-refractivity contribution is 5.32. The van der Waals surface area contributed by atoms with Crippen LogP contribution < -0.4 is 5.32 Å². The minimum atomic E-state index is -4.28. The molecule has 1 aliphatic rings. The van der Waals surface area contributed by atoms with Gasteiger partial charge in [-0.25, -0.2) is 0 Å². The van der Waals surface area contributed by atoms with Crippen molar-refractivity contribution in [3.8, 4) is 0 Å². The van der Waals surface area contributed by atoms with Crippen LogP contribution in [0.15, 0.2) is 24.3 Å². The van der Waals surface area contributed by atoms with Crippen molar-refractivity contribution in [3.05, 3.63) is 35.4 Å². The molecule has 2 nitrogen and oxygen atoms in total. The molecule has 1 atom stereocenters. The summed E-state index contributed by atoms with van der Waals surface area (Å²) in [6.45, 7) is 5.42. The molecule has 1 N–H and O–H groups in total. The Labute approximate surface area is 130 Å². The molecule has 0 amide bonds. The minimum Gasteiger partial charge on any atom is -0.314 e. The van der Waals surface area contributed by atoms with Crippen LogP contribution >= 0.6 is 0 Å². The lowest BCUT2D eigenvalue weighted by molar-refractivity contribution is -0.138. The zero-order valence-electron chi connectivity index (χ0n) is 13.1. The van der Waals surface area contributed by atoms with Gasteiger partial charge < -0.3 is 5.32 Å². The fraction of sp³-hybridized carbons (Fsp3) is 0.647. The summed E-state index contributed by atoms with van der Waals surface area (Å²) < 4.78 is 40.0. The lowest BCUT2D eigenvalue weighted by atomic mass is 9.93. The van der Waals surface area contributed by atoms with Gasteiger partial charge in [-0.1, -0.05) is 44.4 Å². The van der Waals surface area contributed by atoms with E-state index in [0.717, 1.165) is 51.9 Å². The monoisotopic (exact) mass is 314 g/mol. The van der Waals surface area contributed by atoms with E-state index in [4.69, 9.17) is 0 Å². The van der Waals surface area contributed by atoms with Crippen molar-refractivity contribution in [3.63, 3.8) is 0 Å². The second-order valence-corrected chi connectivity index (χ2v) is 5.88. The van der Waals surface area contributed by atoms with Crippen LogP contribution in [0.2, 0.25) is 0 Å². The van der Waals surface area contributed by atoms with Gasteiger partial charge in [-0.3, -0.25) is 4.90 Å². The Hall–Kier alpha value is -1.07. The van der Waals surface area contributed by atoms with Gasteiger partial charge in [0.05, 0.1) is 5.56 Å². The van der Waals surface area contributed by atoms with E-state index in [9.17, 15) is 13.2 Å². The van der Waals surface area contributed by atoms with E-state index >= 15 is 0 Å². The molecule has 22 heavy (non-hydrogen) atoms. The number of hydrogen-bond acceptors (Lipinski definition) is 2. The highest BCUT2D eigenvalue weighted by Gasteiger charge is 2.36. The Balaban J connectivity index is 2.27. The molecule has 0 radical (unpaired) electrons. The third-order valence-corrected chi connectivity index (χ3v) is 4.30. The lowest BCUT2D eigenvalue weighted by Gasteiger charge is -2.36. The van der Waals surface area contributed by atoms with E-state index in [0.29, 0.717) is 5.56 Å². The summed E-state index contributed by atoms with van der Waals surface area (Å²) in [5.74, 6) is 0. The maximum atomic E-state index is 13.3.